The van der Waals surface area contributed by atoms with Gasteiger partial charge in [-0.3, -0.25) is 0 Å². The average molecular weight is 232 g/mol. The fraction of sp³-hybridized carbons (Fsp3) is 0.533. The molecule has 1 atom stereocenters. The van der Waals surface area contributed by atoms with E-state index in [4.69, 9.17) is 0 Å². The molecule has 1 aliphatic rings. The Morgan fingerprint density at radius 2 is 1.88 bits per heavy atom. The summed E-state index contributed by atoms with van der Waals surface area (Å²) >= 11 is 0. The van der Waals surface area contributed by atoms with E-state index in [0.717, 1.165) is 38.0 Å². The Kier molecular flexibility index (Phi) is 3.85. The lowest BCUT2D eigenvalue weighted by Crippen LogP contribution is -2.42. The van der Waals surface area contributed by atoms with Crippen LogP contribution in [0.25, 0.3) is 0 Å². The second-order valence-corrected chi connectivity index (χ2v) is 5.00. The van der Waals surface area contributed by atoms with E-state index in [-0.39, 0.29) is 5.92 Å². The van der Waals surface area contributed by atoms with Crippen molar-refractivity contribution in [3.63, 3.8) is 0 Å². The molecule has 1 N–H and O–H groups in total. The van der Waals surface area contributed by atoms with Crippen molar-refractivity contribution in [1.29, 1.82) is 0 Å². The van der Waals surface area contributed by atoms with Gasteiger partial charge in [0.1, 0.15) is 0 Å². The molecule has 1 unspecified atom stereocenters. The van der Waals surface area contributed by atoms with Crippen molar-refractivity contribution in [3.05, 3.63) is 42.8 Å². The van der Waals surface area contributed by atoms with Crippen LogP contribution in [0.4, 0.5) is 0 Å². The van der Waals surface area contributed by atoms with E-state index in [2.05, 4.69) is 18.7 Å². The summed E-state index contributed by atoms with van der Waals surface area (Å²) in [4.78, 5) is 2.43. The molecule has 1 heterocycles. The lowest BCUT2D eigenvalue weighted by atomic mass is 9.77. The predicted molar refractivity (Wildman–Crippen MR) is 70.5 cm³/mol. The zero-order chi connectivity index (χ0) is 12.3. The van der Waals surface area contributed by atoms with Gasteiger partial charge in [0.15, 0.2) is 0 Å². The molecule has 1 radical (unpaired) electrons. The maximum Gasteiger partial charge on any atom is 0.0926 e. The van der Waals surface area contributed by atoms with Crippen LogP contribution in [-0.2, 0) is 5.60 Å². The molecule has 2 heteroatoms. The normalized spacial score (nSPS) is 22.3. The van der Waals surface area contributed by atoms with Crippen molar-refractivity contribution < 1.29 is 5.11 Å². The van der Waals surface area contributed by atoms with Gasteiger partial charge in [-0.25, -0.2) is 0 Å². The van der Waals surface area contributed by atoms with Crippen LogP contribution < -0.4 is 0 Å². The summed E-state index contributed by atoms with van der Waals surface area (Å²) < 4.78 is 0. The first kappa shape index (κ1) is 12.6. The van der Waals surface area contributed by atoms with Crippen molar-refractivity contribution >= 4 is 0 Å². The maximum absolute atomic E-state index is 10.6. The molecule has 1 fully saturated rings. The monoisotopic (exact) mass is 232 g/mol. The first-order valence-electron chi connectivity index (χ1n) is 6.50. The lowest BCUT2D eigenvalue weighted by molar-refractivity contribution is -0.00949. The molecule has 0 saturated carbocycles. The molecule has 0 spiro atoms. The van der Waals surface area contributed by atoms with Crippen molar-refractivity contribution in [3.8, 4) is 0 Å². The highest BCUT2D eigenvalue weighted by Crippen LogP contribution is 2.35. The van der Waals surface area contributed by atoms with Gasteiger partial charge in [-0.2, -0.15) is 0 Å². The highest BCUT2D eigenvalue weighted by molar-refractivity contribution is 5.24. The molecule has 93 valence electrons. The molecular weight excluding hydrogens is 210 g/mol. The summed E-state index contributed by atoms with van der Waals surface area (Å²) in [6.07, 6.45) is 2.06. The van der Waals surface area contributed by atoms with Gasteiger partial charge < -0.3 is 10.0 Å². The van der Waals surface area contributed by atoms with Crippen LogP contribution in [0.1, 0.15) is 25.3 Å². The van der Waals surface area contributed by atoms with Gasteiger partial charge in [0, 0.05) is 0 Å². The summed E-state index contributed by atoms with van der Waals surface area (Å²) in [5.74, 6) is 0.271. The standard InChI is InChI=1S/C15H22NO/c1-3-16-11-9-14(10-12-16)15(2,17)13-7-5-4-6-8-13/h4-8,14,17H,2-3,9-12H2,1H3. The van der Waals surface area contributed by atoms with Gasteiger partial charge >= 0.3 is 0 Å². The van der Waals surface area contributed by atoms with Crippen molar-refractivity contribution in [2.24, 2.45) is 5.92 Å². The first-order chi connectivity index (χ1) is 8.14. The van der Waals surface area contributed by atoms with E-state index >= 15 is 0 Å². The summed E-state index contributed by atoms with van der Waals surface area (Å²) in [7, 11) is 0. The Labute approximate surface area is 104 Å². The Balaban J connectivity index is 2.07. The second-order valence-electron chi connectivity index (χ2n) is 5.00. The zero-order valence-corrected chi connectivity index (χ0v) is 10.6. The van der Waals surface area contributed by atoms with Crippen LogP contribution in [0.2, 0.25) is 0 Å². The summed E-state index contributed by atoms with van der Waals surface area (Å²) in [5.41, 5.74) is 0.0103. The van der Waals surface area contributed by atoms with E-state index in [9.17, 15) is 5.11 Å². The van der Waals surface area contributed by atoms with E-state index < -0.39 is 5.60 Å². The van der Waals surface area contributed by atoms with Crippen LogP contribution in [0.15, 0.2) is 30.3 Å². The second kappa shape index (κ2) is 5.19. The number of hydrogen-bond donors (Lipinski definition) is 1. The molecule has 2 rings (SSSR count). The molecule has 1 saturated heterocycles. The number of rotatable bonds is 3. The molecule has 0 aliphatic carbocycles. The van der Waals surface area contributed by atoms with Crippen molar-refractivity contribution in [2.45, 2.75) is 25.4 Å². The summed E-state index contributed by atoms with van der Waals surface area (Å²) in [6, 6.07) is 9.84. The van der Waals surface area contributed by atoms with E-state index in [0.29, 0.717) is 0 Å². The smallest absolute Gasteiger partial charge is 0.0926 e. The quantitative estimate of drug-likeness (QED) is 0.865. The Morgan fingerprint density at radius 3 is 2.41 bits per heavy atom. The minimum absolute atomic E-state index is 0.271. The number of hydrogen-bond acceptors (Lipinski definition) is 2. The third kappa shape index (κ3) is 2.70. The first-order valence-corrected chi connectivity index (χ1v) is 6.50. The molecule has 0 bridgehead atoms. The van der Waals surface area contributed by atoms with Crippen LogP contribution >= 0.6 is 0 Å². The number of likely N-dealkylation sites (tertiary alicyclic amines) is 1. The topological polar surface area (TPSA) is 23.5 Å². The predicted octanol–water partition coefficient (Wildman–Crippen LogP) is 2.44. The maximum atomic E-state index is 10.6. The van der Waals surface area contributed by atoms with Gasteiger partial charge in [0.2, 0.25) is 0 Å². The Bertz CT molecular complexity index is 339. The third-order valence-corrected chi connectivity index (χ3v) is 3.98. The van der Waals surface area contributed by atoms with Crippen molar-refractivity contribution in [1.82, 2.24) is 4.90 Å². The number of nitrogens with zero attached hydrogens (tertiary/aromatic N) is 1. The summed E-state index contributed by atoms with van der Waals surface area (Å²) in [5, 5.41) is 10.6. The third-order valence-electron chi connectivity index (χ3n) is 3.98. The molecule has 1 aromatic rings. The van der Waals surface area contributed by atoms with Gasteiger partial charge in [-0.05, 0) is 50.9 Å². The average Bonchev–Trinajstić information content (AvgIpc) is 2.40. The SMILES string of the molecule is [CH2]C(O)(c1ccccc1)C1CCN(CC)CC1. The number of aliphatic hydroxyl groups is 1. The zero-order valence-electron chi connectivity index (χ0n) is 10.6. The molecule has 0 aromatic heterocycles. The summed E-state index contributed by atoms with van der Waals surface area (Å²) in [6.45, 7) is 9.50. The van der Waals surface area contributed by atoms with Gasteiger partial charge in [-0.15, -0.1) is 0 Å². The van der Waals surface area contributed by atoms with Crippen molar-refractivity contribution in [2.75, 3.05) is 19.6 Å². The van der Waals surface area contributed by atoms with E-state index in [1.807, 2.05) is 30.3 Å². The lowest BCUT2D eigenvalue weighted by Gasteiger charge is -2.39. The van der Waals surface area contributed by atoms with Gasteiger partial charge in [-0.1, -0.05) is 37.3 Å². The minimum Gasteiger partial charge on any atom is -0.385 e. The minimum atomic E-state index is -0.929. The molecule has 17 heavy (non-hydrogen) atoms. The van der Waals surface area contributed by atoms with Crippen LogP contribution in [0.3, 0.4) is 0 Å². The number of piperidine rings is 1. The largest absolute Gasteiger partial charge is 0.385 e. The van der Waals surface area contributed by atoms with Crippen LogP contribution in [0.5, 0.6) is 0 Å². The molecule has 2 nitrogen and oxygen atoms in total. The van der Waals surface area contributed by atoms with Gasteiger partial charge in [0.05, 0.1) is 5.60 Å². The number of benzene rings is 1. The fourth-order valence-corrected chi connectivity index (χ4v) is 2.69. The Hall–Kier alpha value is -0.860. The molecule has 1 aromatic carbocycles. The van der Waals surface area contributed by atoms with Gasteiger partial charge in [0.25, 0.3) is 0 Å². The highest BCUT2D eigenvalue weighted by Gasteiger charge is 2.35. The van der Waals surface area contributed by atoms with E-state index in [1.54, 1.807) is 0 Å². The van der Waals surface area contributed by atoms with Crippen LogP contribution in [0, 0.1) is 12.8 Å². The molecular formula is C15H22NO. The highest BCUT2D eigenvalue weighted by atomic mass is 16.3. The fourth-order valence-electron chi connectivity index (χ4n) is 2.69. The molecule has 1 aliphatic heterocycles. The van der Waals surface area contributed by atoms with Crippen LogP contribution in [-0.4, -0.2) is 29.6 Å². The van der Waals surface area contributed by atoms with E-state index in [1.165, 1.54) is 0 Å². The Morgan fingerprint density at radius 1 is 1.29 bits per heavy atom. The molecule has 0 amide bonds.